The summed E-state index contributed by atoms with van der Waals surface area (Å²) >= 11 is 1.74. The summed E-state index contributed by atoms with van der Waals surface area (Å²) in [6, 6.07) is 6.74. The molecule has 0 heterocycles. The Kier molecular flexibility index (Phi) is 5.82. The van der Waals surface area contributed by atoms with Crippen molar-refractivity contribution in [3.63, 3.8) is 0 Å². The van der Waals surface area contributed by atoms with Crippen LogP contribution in [-0.4, -0.2) is 22.8 Å². The number of nitro benzene ring substituents is 1. The van der Waals surface area contributed by atoms with Crippen LogP contribution >= 0.6 is 11.8 Å². The van der Waals surface area contributed by atoms with Crippen molar-refractivity contribution in [2.45, 2.75) is 38.1 Å². The topological polar surface area (TPSA) is 55.2 Å². The molecule has 0 aliphatic heterocycles. The first kappa shape index (κ1) is 16.0. The number of nitro groups is 1. The zero-order valence-corrected chi connectivity index (χ0v) is 12.8. The lowest BCUT2D eigenvalue weighted by Gasteiger charge is -2.23. The largest absolute Gasteiger partial charge is 0.312 e. The molecule has 0 aliphatic rings. The number of nitrogens with zero attached hydrogens (tertiary/aromatic N) is 1. The first-order chi connectivity index (χ1) is 8.78. The van der Waals surface area contributed by atoms with E-state index >= 15 is 0 Å². The van der Waals surface area contributed by atoms with E-state index < -0.39 is 0 Å². The molecule has 0 saturated heterocycles. The van der Waals surface area contributed by atoms with Crippen LogP contribution in [0.4, 0.5) is 5.69 Å². The highest BCUT2D eigenvalue weighted by molar-refractivity contribution is 7.99. The van der Waals surface area contributed by atoms with Crippen LogP contribution in [0.3, 0.4) is 0 Å². The van der Waals surface area contributed by atoms with Crippen LogP contribution in [0.15, 0.2) is 29.2 Å². The van der Waals surface area contributed by atoms with Gasteiger partial charge in [-0.1, -0.05) is 6.92 Å². The Morgan fingerprint density at radius 1 is 1.32 bits per heavy atom. The lowest BCUT2D eigenvalue weighted by atomic mass is 10.1. The molecule has 19 heavy (non-hydrogen) atoms. The summed E-state index contributed by atoms with van der Waals surface area (Å²) in [5.74, 6) is 1.56. The normalized spacial score (nSPS) is 13.3. The third-order valence-electron chi connectivity index (χ3n) is 2.56. The molecule has 106 valence electrons. The zero-order valence-electron chi connectivity index (χ0n) is 12.0. The van der Waals surface area contributed by atoms with Gasteiger partial charge in [0.15, 0.2) is 0 Å². The van der Waals surface area contributed by atoms with Crippen LogP contribution in [0.25, 0.3) is 0 Å². The highest BCUT2D eigenvalue weighted by Crippen LogP contribution is 2.23. The number of rotatable bonds is 6. The Balaban J connectivity index is 2.37. The van der Waals surface area contributed by atoms with Gasteiger partial charge < -0.3 is 5.32 Å². The molecule has 1 rings (SSSR count). The summed E-state index contributed by atoms with van der Waals surface area (Å²) in [4.78, 5) is 11.3. The van der Waals surface area contributed by atoms with Crippen molar-refractivity contribution in [3.05, 3.63) is 34.4 Å². The SMILES string of the molecule is CC(CNC(C)(C)C)CSc1ccc([N+](=O)[O-])cc1. The van der Waals surface area contributed by atoms with E-state index in [9.17, 15) is 10.1 Å². The van der Waals surface area contributed by atoms with Gasteiger partial charge in [0.05, 0.1) is 4.92 Å². The smallest absolute Gasteiger partial charge is 0.269 e. The molecule has 0 aliphatic carbocycles. The molecule has 0 radical (unpaired) electrons. The summed E-state index contributed by atoms with van der Waals surface area (Å²) in [7, 11) is 0. The summed E-state index contributed by atoms with van der Waals surface area (Å²) in [5, 5.41) is 14.0. The van der Waals surface area contributed by atoms with Crippen molar-refractivity contribution < 1.29 is 4.92 Å². The minimum absolute atomic E-state index is 0.145. The molecule has 1 atom stereocenters. The van der Waals surface area contributed by atoms with Crippen LogP contribution in [0.1, 0.15) is 27.7 Å². The Bertz CT molecular complexity index is 412. The summed E-state index contributed by atoms with van der Waals surface area (Å²) < 4.78 is 0. The maximum absolute atomic E-state index is 10.5. The molecule has 0 saturated carbocycles. The molecule has 0 fully saturated rings. The van der Waals surface area contributed by atoms with E-state index in [0.717, 1.165) is 17.2 Å². The van der Waals surface area contributed by atoms with Crippen LogP contribution < -0.4 is 5.32 Å². The summed E-state index contributed by atoms with van der Waals surface area (Å²) in [6.45, 7) is 9.65. The van der Waals surface area contributed by atoms with Crippen molar-refractivity contribution in [2.24, 2.45) is 5.92 Å². The van der Waals surface area contributed by atoms with Gasteiger partial charge in [-0.3, -0.25) is 10.1 Å². The summed E-state index contributed by atoms with van der Waals surface area (Å²) in [5.41, 5.74) is 0.290. The van der Waals surface area contributed by atoms with E-state index in [0.29, 0.717) is 5.92 Å². The van der Waals surface area contributed by atoms with Gasteiger partial charge in [-0.2, -0.15) is 0 Å². The molecule has 0 spiro atoms. The Morgan fingerprint density at radius 2 is 1.89 bits per heavy atom. The molecular weight excluding hydrogens is 260 g/mol. The molecule has 1 aromatic rings. The number of hydrogen-bond acceptors (Lipinski definition) is 4. The third kappa shape index (κ3) is 6.59. The van der Waals surface area contributed by atoms with E-state index in [1.807, 2.05) is 12.1 Å². The molecule has 0 amide bonds. The van der Waals surface area contributed by atoms with Crippen molar-refractivity contribution in [1.29, 1.82) is 0 Å². The molecule has 0 aromatic heterocycles. The fourth-order valence-electron chi connectivity index (χ4n) is 1.44. The lowest BCUT2D eigenvalue weighted by Crippen LogP contribution is -2.39. The number of non-ortho nitro benzene ring substituents is 1. The first-order valence-corrected chi connectivity index (χ1v) is 7.39. The second-order valence-electron chi connectivity index (χ2n) is 5.80. The predicted octanol–water partition coefficient (Wildman–Crippen LogP) is 3.71. The quantitative estimate of drug-likeness (QED) is 0.491. The monoisotopic (exact) mass is 282 g/mol. The summed E-state index contributed by atoms with van der Waals surface area (Å²) in [6.07, 6.45) is 0. The van der Waals surface area contributed by atoms with E-state index in [4.69, 9.17) is 0 Å². The zero-order chi connectivity index (χ0) is 14.5. The van der Waals surface area contributed by atoms with E-state index in [2.05, 4.69) is 33.0 Å². The average Bonchev–Trinajstić information content (AvgIpc) is 2.33. The van der Waals surface area contributed by atoms with Gasteiger partial charge >= 0.3 is 0 Å². The van der Waals surface area contributed by atoms with E-state index in [1.165, 1.54) is 0 Å². The van der Waals surface area contributed by atoms with E-state index in [1.54, 1.807) is 23.9 Å². The number of thioether (sulfide) groups is 1. The van der Waals surface area contributed by atoms with Gasteiger partial charge in [0, 0.05) is 28.3 Å². The van der Waals surface area contributed by atoms with Crippen LogP contribution in [0.5, 0.6) is 0 Å². The Morgan fingerprint density at radius 3 is 2.37 bits per heavy atom. The predicted molar refractivity (Wildman–Crippen MR) is 80.7 cm³/mol. The average molecular weight is 282 g/mol. The minimum atomic E-state index is -0.371. The maximum Gasteiger partial charge on any atom is 0.269 e. The number of hydrogen-bond donors (Lipinski definition) is 1. The number of nitrogens with one attached hydrogen (secondary N) is 1. The molecule has 1 N–H and O–H groups in total. The Labute approximate surface area is 119 Å². The third-order valence-corrected chi connectivity index (χ3v) is 3.90. The van der Waals surface area contributed by atoms with Crippen molar-refractivity contribution in [1.82, 2.24) is 5.32 Å². The fourth-order valence-corrected chi connectivity index (χ4v) is 2.37. The molecule has 1 aromatic carbocycles. The van der Waals surface area contributed by atoms with Crippen molar-refractivity contribution in [3.8, 4) is 0 Å². The van der Waals surface area contributed by atoms with Gasteiger partial charge in [-0.25, -0.2) is 0 Å². The number of benzene rings is 1. The van der Waals surface area contributed by atoms with Gasteiger partial charge in [0.25, 0.3) is 5.69 Å². The van der Waals surface area contributed by atoms with Crippen LogP contribution in [-0.2, 0) is 0 Å². The lowest BCUT2D eigenvalue weighted by molar-refractivity contribution is -0.384. The second-order valence-corrected chi connectivity index (χ2v) is 6.89. The van der Waals surface area contributed by atoms with E-state index in [-0.39, 0.29) is 16.1 Å². The molecule has 4 nitrogen and oxygen atoms in total. The first-order valence-electron chi connectivity index (χ1n) is 6.40. The van der Waals surface area contributed by atoms with Crippen molar-refractivity contribution >= 4 is 17.4 Å². The molecule has 0 bridgehead atoms. The minimum Gasteiger partial charge on any atom is -0.312 e. The molecule has 1 unspecified atom stereocenters. The molecular formula is C14H22N2O2S. The van der Waals surface area contributed by atoms with Gasteiger partial charge in [0.1, 0.15) is 0 Å². The van der Waals surface area contributed by atoms with Crippen LogP contribution in [0, 0.1) is 16.0 Å². The second kappa shape index (κ2) is 6.91. The van der Waals surface area contributed by atoms with Gasteiger partial charge in [-0.05, 0) is 45.4 Å². The molecule has 5 heteroatoms. The highest BCUT2D eigenvalue weighted by atomic mass is 32.2. The maximum atomic E-state index is 10.5. The van der Waals surface area contributed by atoms with Gasteiger partial charge in [0.2, 0.25) is 0 Å². The van der Waals surface area contributed by atoms with Crippen LogP contribution in [0.2, 0.25) is 0 Å². The van der Waals surface area contributed by atoms with Gasteiger partial charge in [-0.15, -0.1) is 11.8 Å². The fraction of sp³-hybridized carbons (Fsp3) is 0.571. The Hall–Kier alpha value is -1.07. The van der Waals surface area contributed by atoms with Crippen molar-refractivity contribution in [2.75, 3.05) is 12.3 Å². The standard InChI is InChI=1S/C14H22N2O2S/c1-11(9-15-14(2,3)4)10-19-13-7-5-12(6-8-13)16(17)18/h5-8,11,15H,9-10H2,1-4H3. The highest BCUT2D eigenvalue weighted by Gasteiger charge is 2.11.